The molecule has 0 saturated carbocycles. The topological polar surface area (TPSA) is 46.6 Å². The Morgan fingerprint density at radius 2 is 1.97 bits per heavy atom. The minimum Gasteiger partial charge on any atom is -0.460 e. The van der Waals surface area contributed by atoms with Gasteiger partial charge in [0.2, 0.25) is 5.91 Å². The first kappa shape index (κ1) is 21.1. The molecule has 0 saturated heterocycles. The van der Waals surface area contributed by atoms with E-state index < -0.39 is 17.7 Å². The fraction of sp³-hybridized carbons (Fsp3) is 0.304. The highest BCUT2D eigenvalue weighted by atomic mass is 35.5. The molecule has 0 aromatic heterocycles. The number of nitrogens with zero attached hydrogens (tertiary/aromatic N) is 1. The number of carbonyl (C=O) groups is 2. The van der Waals surface area contributed by atoms with Crippen LogP contribution in [0.5, 0.6) is 0 Å². The number of benzene rings is 2. The molecule has 4 nitrogen and oxygen atoms in total. The standard InChI is InChI=1S/C23H23ClFNO3/c1-14(2)29-23(28)22-15(3)26(13-16-6-4-8-18(24)10-16)21(27)12-20(22)17-7-5-9-19(25)11-17/h4-11,14,20H,12-13H2,1-3H3/t20-/m0/s1. The molecule has 0 fully saturated rings. The molecule has 2 aromatic carbocycles. The molecule has 3 rings (SSSR count). The summed E-state index contributed by atoms with van der Waals surface area (Å²) < 4.78 is 19.3. The van der Waals surface area contributed by atoms with E-state index in [-0.39, 0.29) is 18.4 Å². The third-order valence-electron chi connectivity index (χ3n) is 4.87. The van der Waals surface area contributed by atoms with Gasteiger partial charge in [0, 0.05) is 23.1 Å². The van der Waals surface area contributed by atoms with Gasteiger partial charge in [0.15, 0.2) is 0 Å². The molecule has 1 amide bonds. The smallest absolute Gasteiger partial charge is 0.336 e. The lowest BCUT2D eigenvalue weighted by Crippen LogP contribution is -2.38. The Bertz CT molecular complexity index is 970. The van der Waals surface area contributed by atoms with Crippen LogP contribution in [0.25, 0.3) is 0 Å². The van der Waals surface area contributed by atoms with Crippen LogP contribution in [0.2, 0.25) is 5.02 Å². The number of allylic oxidation sites excluding steroid dienone is 1. The maximum absolute atomic E-state index is 13.8. The molecular formula is C23H23ClFNO3. The normalized spacial score (nSPS) is 17.1. The van der Waals surface area contributed by atoms with Crippen molar-refractivity contribution in [3.05, 3.63) is 81.8 Å². The van der Waals surface area contributed by atoms with Crippen molar-refractivity contribution in [2.75, 3.05) is 0 Å². The molecule has 0 unspecified atom stereocenters. The molecule has 1 aliphatic heterocycles. The maximum atomic E-state index is 13.8. The van der Waals surface area contributed by atoms with Crippen molar-refractivity contribution >= 4 is 23.5 Å². The Hall–Kier alpha value is -2.66. The number of carbonyl (C=O) groups excluding carboxylic acids is 2. The van der Waals surface area contributed by atoms with E-state index in [9.17, 15) is 14.0 Å². The zero-order valence-corrected chi connectivity index (χ0v) is 17.4. The average molecular weight is 416 g/mol. The van der Waals surface area contributed by atoms with Crippen LogP contribution in [-0.4, -0.2) is 22.9 Å². The first-order valence-corrected chi connectivity index (χ1v) is 9.86. The summed E-state index contributed by atoms with van der Waals surface area (Å²) in [4.78, 5) is 27.4. The molecule has 0 spiro atoms. The number of hydrogen-bond donors (Lipinski definition) is 0. The predicted molar refractivity (Wildman–Crippen MR) is 110 cm³/mol. The van der Waals surface area contributed by atoms with Crippen LogP contribution < -0.4 is 0 Å². The Morgan fingerprint density at radius 1 is 1.24 bits per heavy atom. The third-order valence-corrected chi connectivity index (χ3v) is 5.10. The minimum atomic E-state index is -0.555. The molecule has 1 heterocycles. The van der Waals surface area contributed by atoms with Gasteiger partial charge in [-0.1, -0.05) is 35.9 Å². The summed E-state index contributed by atoms with van der Waals surface area (Å²) in [5.41, 5.74) is 2.33. The highest BCUT2D eigenvalue weighted by molar-refractivity contribution is 6.30. The van der Waals surface area contributed by atoms with Gasteiger partial charge in [-0.2, -0.15) is 0 Å². The van der Waals surface area contributed by atoms with Gasteiger partial charge < -0.3 is 9.64 Å². The molecule has 0 radical (unpaired) electrons. The van der Waals surface area contributed by atoms with Crippen molar-refractivity contribution < 1.29 is 18.7 Å². The van der Waals surface area contributed by atoms with Crippen molar-refractivity contribution in [3.63, 3.8) is 0 Å². The number of rotatable bonds is 5. The fourth-order valence-corrected chi connectivity index (χ4v) is 3.78. The molecule has 0 bridgehead atoms. The van der Waals surface area contributed by atoms with Gasteiger partial charge in [-0.15, -0.1) is 0 Å². The highest BCUT2D eigenvalue weighted by Gasteiger charge is 2.37. The summed E-state index contributed by atoms with van der Waals surface area (Å²) in [5, 5.41) is 0.575. The van der Waals surface area contributed by atoms with Crippen molar-refractivity contribution in [3.8, 4) is 0 Å². The summed E-state index contributed by atoms with van der Waals surface area (Å²) in [6.07, 6.45) is -0.251. The maximum Gasteiger partial charge on any atom is 0.336 e. The van der Waals surface area contributed by atoms with Crippen LogP contribution in [0.15, 0.2) is 59.8 Å². The van der Waals surface area contributed by atoms with Crippen LogP contribution in [0.4, 0.5) is 4.39 Å². The second kappa shape index (κ2) is 8.78. The van der Waals surface area contributed by atoms with E-state index in [0.717, 1.165) is 5.56 Å². The number of esters is 1. The lowest BCUT2D eigenvalue weighted by atomic mass is 9.83. The summed E-state index contributed by atoms with van der Waals surface area (Å²) >= 11 is 6.06. The Labute approximate surface area is 174 Å². The summed E-state index contributed by atoms with van der Waals surface area (Å²) in [6, 6.07) is 13.2. The van der Waals surface area contributed by atoms with E-state index in [1.165, 1.54) is 12.1 Å². The van der Waals surface area contributed by atoms with Crippen molar-refractivity contribution in [1.82, 2.24) is 4.90 Å². The fourth-order valence-electron chi connectivity index (χ4n) is 3.57. The van der Waals surface area contributed by atoms with E-state index in [1.54, 1.807) is 49.9 Å². The first-order valence-electron chi connectivity index (χ1n) is 9.48. The van der Waals surface area contributed by atoms with Gasteiger partial charge in [-0.05, 0) is 56.2 Å². The van der Waals surface area contributed by atoms with E-state index in [0.29, 0.717) is 28.4 Å². The van der Waals surface area contributed by atoms with E-state index in [2.05, 4.69) is 0 Å². The Morgan fingerprint density at radius 3 is 2.62 bits per heavy atom. The van der Waals surface area contributed by atoms with Crippen molar-refractivity contribution in [2.24, 2.45) is 0 Å². The third kappa shape index (κ3) is 4.85. The van der Waals surface area contributed by atoms with Gasteiger partial charge in [0.05, 0.1) is 18.2 Å². The summed E-state index contributed by atoms with van der Waals surface area (Å²) in [6.45, 7) is 5.55. The summed E-state index contributed by atoms with van der Waals surface area (Å²) in [5.74, 6) is -1.60. The molecule has 29 heavy (non-hydrogen) atoms. The molecule has 1 aliphatic rings. The molecule has 2 aromatic rings. The lowest BCUT2D eigenvalue weighted by molar-refractivity contribution is -0.143. The second-order valence-electron chi connectivity index (χ2n) is 7.37. The molecule has 6 heteroatoms. The van der Waals surface area contributed by atoms with E-state index >= 15 is 0 Å². The summed E-state index contributed by atoms with van der Waals surface area (Å²) in [7, 11) is 0. The largest absolute Gasteiger partial charge is 0.460 e. The van der Waals surface area contributed by atoms with Crippen LogP contribution in [0, 0.1) is 5.82 Å². The van der Waals surface area contributed by atoms with Crippen molar-refractivity contribution in [2.45, 2.75) is 45.8 Å². The van der Waals surface area contributed by atoms with Gasteiger partial charge in [0.25, 0.3) is 0 Å². The van der Waals surface area contributed by atoms with Crippen molar-refractivity contribution in [1.29, 1.82) is 0 Å². The number of hydrogen-bond acceptors (Lipinski definition) is 3. The monoisotopic (exact) mass is 415 g/mol. The Balaban J connectivity index is 2.04. The second-order valence-corrected chi connectivity index (χ2v) is 7.81. The lowest BCUT2D eigenvalue weighted by Gasteiger charge is -2.35. The average Bonchev–Trinajstić information content (AvgIpc) is 2.64. The zero-order valence-electron chi connectivity index (χ0n) is 16.6. The van der Waals surface area contributed by atoms with Gasteiger partial charge in [0.1, 0.15) is 5.82 Å². The predicted octanol–water partition coefficient (Wildman–Crippen LogP) is 5.22. The zero-order chi connectivity index (χ0) is 21.1. The molecule has 1 atom stereocenters. The number of amides is 1. The molecule has 0 aliphatic carbocycles. The van der Waals surface area contributed by atoms with Crippen LogP contribution >= 0.6 is 11.6 Å². The minimum absolute atomic E-state index is 0.0594. The quantitative estimate of drug-likeness (QED) is 0.629. The number of halogens is 2. The van der Waals surface area contributed by atoms with Crippen LogP contribution in [0.1, 0.15) is 44.2 Å². The SMILES string of the molecule is CC1=C(C(=O)OC(C)C)[C@H](c2cccc(F)c2)CC(=O)N1Cc1cccc(Cl)c1. The molecular weight excluding hydrogens is 393 g/mol. The highest BCUT2D eigenvalue weighted by Crippen LogP contribution is 2.38. The van der Waals surface area contributed by atoms with Gasteiger partial charge in [-0.25, -0.2) is 9.18 Å². The first-order chi connectivity index (χ1) is 13.8. The molecule has 152 valence electrons. The van der Waals surface area contributed by atoms with Crippen LogP contribution in [0.3, 0.4) is 0 Å². The molecule has 0 N–H and O–H groups in total. The van der Waals surface area contributed by atoms with Gasteiger partial charge in [-0.3, -0.25) is 4.79 Å². The van der Waals surface area contributed by atoms with E-state index in [4.69, 9.17) is 16.3 Å². The number of ether oxygens (including phenoxy) is 1. The van der Waals surface area contributed by atoms with Crippen LogP contribution in [-0.2, 0) is 20.9 Å². The van der Waals surface area contributed by atoms with Gasteiger partial charge >= 0.3 is 5.97 Å². The van der Waals surface area contributed by atoms with E-state index in [1.807, 2.05) is 12.1 Å². The Kier molecular flexibility index (Phi) is 6.38.